The van der Waals surface area contributed by atoms with Crippen molar-refractivity contribution in [2.24, 2.45) is 0 Å². The van der Waals surface area contributed by atoms with E-state index in [0.717, 1.165) is 13.0 Å². The minimum absolute atomic E-state index is 0.144. The molecule has 0 aromatic carbocycles. The van der Waals surface area contributed by atoms with Gasteiger partial charge in [-0.25, -0.2) is 4.98 Å². The Labute approximate surface area is 87.4 Å². The fourth-order valence-corrected chi connectivity index (χ4v) is 1.25. The van der Waals surface area contributed by atoms with E-state index in [1.807, 2.05) is 6.07 Å². The van der Waals surface area contributed by atoms with Crippen molar-refractivity contribution in [2.45, 2.75) is 12.5 Å². The Bertz CT molecular complexity index is 396. The summed E-state index contributed by atoms with van der Waals surface area (Å²) < 4.78 is 10.6. The smallest absolute Gasteiger partial charge is 0.142 e. The maximum absolute atomic E-state index is 8.80. The first-order valence-corrected chi connectivity index (χ1v) is 4.69. The molecule has 0 unspecified atom stereocenters. The van der Waals surface area contributed by atoms with Gasteiger partial charge in [-0.2, -0.15) is 5.26 Å². The Balaban J connectivity index is 2.05. The SMILES string of the molecule is N#Cc1cnc(N)cc1OC[C@H]1CCO1. The largest absolute Gasteiger partial charge is 0.489 e. The summed E-state index contributed by atoms with van der Waals surface area (Å²) in [4.78, 5) is 3.82. The number of nitrogen functional groups attached to an aromatic ring is 1. The lowest BCUT2D eigenvalue weighted by molar-refractivity contribution is -0.0721. The number of hydrogen-bond donors (Lipinski definition) is 1. The highest BCUT2D eigenvalue weighted by Gasteiger charge is 2.19. The van der Waals surface area contributed by atoms with Gasteiger partial charge >= 0.3 is 0 Å². The normalized spacial score (nSPS) is 19.0. The number of anilines is 1. The Morgan fingerprint density at radius 2 is 2.53 bits per heavy atom. The number of nitriles is 1. The average molecular weight is 205 g/mol. The molecule has 0 spiro atoms. The fraction of sp³-hybridized carbons (Fsp3) is 0.400. The van der Waals surface area contributed by atoms with Crippen LogP contribution in [0.3, 0.4) is 0 Å². The summed E-state index contributed by atoms with van der Waals surface area (Å²) in [6, 6.07) is 3.55. The summed E-state index contributed by atoms with van der Waals surface area (Å²) >= 11 is 0. The van der Waals surface area contributed by atoms with E-state index in [2.05, 4.69) is 4.98 Å². The van der Waals surface area contributed by atoms with E-state index in [1.54, 1.807) is 6.07 Å². The van der Waals surface area contributed by atoms with Crippen LogP contribution < -0.4 is 10.5 Å². The van der Waals surface area contributed by atoms with Gasteiger partial charge < -0.3 is 15.2 Å². The first-order valence-electron chi connectivity index (χ1n) is 4.69. The zero-order valence-electron chi connectivity index (χ0n) is 8.14. The lowest BCUT2D eigenvalue weighted by atomic mass is 10.2. The highest BCUT2D eigenvalue weighted by molar-refractivity contribution is 5.47. The molecular formula is C10H11N3O2. The van der Waals surface area contributed by atoms with Crippen molar-refractivity contribution in [3.8, 4) is 11.8 Å². The van der Waals surface area contributed by atoms with Gasteiger partial charge in [-0.15, -0.1) is 0 Å². The average Bonchev–Trinajstić information content (AvgIpc) is 2.16. The molecule has 78 valence electrons. The monoisotopic (exact) mass is 205 g/mol. The second-order valence-corrected chi connectivity index (χ2v) is 3.31. The van der Waals surface area contributed by atoms with Gasteiger partial charge in [0, 0.05) is 19.1 Å². The molecule has 0 saturated carbocycles. The predicted molar refractivity (Wildman–Crippen MR) is 53.2 cm³/mol. The zero-order chi connectivity index (χ0) is 10.7. The van der Waals surface area contributed by atoms with Crippen molar-refractivity contribution in [1.82, 2.24) is 4.98 Å². The standard InChI is InChI=1S/C10H11N3O2/c11-4-7-5-13-10(12)3-9(7)15-6-8-1-2-14-8/h3,5,8H,1-2,6H2,(H2,12,13)/t8-/m1/s1. The van der Waals surface area contributed by atoms with Crippen LogP contribution >= 0.6 is 0 Å². The van der Waals surface area contributed by atoms with Gasteiger partial charge in [0.25, 0.3) is 0 Å². The molecule has 1 aromatic heterocycles. The van der Waals surface area contributed by atoms with Gasteiger partial charge in [0.2, 0.25) is 0 Å². The molecule has 0 radical (unpaired) electrons. The van der Waals surface area contributed by atoms with Gasteiger partial charge in [-0.3, -0.25) is 0 Å². The molecular weight excluding hydrogens is 194 g/mol. The van der Waals surface area contributed by atoms with E-state index in [-0.39, 0.29) is 6.10 Å². The lowest BCUT2D eigenvalue weighted by Crippen LogP contribution is -2.32. The Morgan fingerprint density at radius 1 is 1.73 bits per heavy atom. The highest BCUT2D eigenvalue weighted by Crippen LogP contribution is 2.20. The summed E-state index contributed by atoms with van der Waals surface area (Å²) in [7, 11) is 0. The van der Waals surface area contributed by atoms with Crippen molar-refractivity contribution in [2.75, 3.05) is 18.9 Å². The molecule has 1 atom stereocenters. The van der Waals surface area contributed by atoms with Gasteiger partial charge in [0.05, 0.1) is 12.3 Å². The van der Waals surface area contributed by atoms with Crippen molar-refractivity contribution >= 4 is 5.82 Å². The van der Waals surface area contributed by atoms with Gasteiger partial charge in [-0.05, 0) is 0 Å². The van der Waals surface area contributed by atoms with Crippen molar-refractivity contribution in [1.29, 1.82) is 5.26 Å². The van der Waals surface area contributed by atoms with E-state index in [9.17, 15) is 0 Å². The second kappa shape index (κ2) is 4.15. The van der Waals surface area contributed by atoms with Crippen LogP contribution in [0.4, 0.5) is 5.82 Å². The number of pyridine rings is 1. The zero-order valence-corrected chi connectivity index (χ0v) is 8.14. The third kappa shape index (κ3) is 2.17. The number of ether oxygens (including phenoxy) is 2. The van der Waals surface area contributed by atoms with Crippen molar-refractivity contribution < 1.29 is 9.47 Å². The molecule has 2 rings (SSSR count). The van der Waals surface area contributed by atoms with Crippen LogP contribution in [0, 0.1) is 11.3 Å². The predicted octanol–water partition coefficient (Wildman–Crippen LogP) is 0.703. The number of nitrogens with two attached hydrogens (primary N) is 1. The molecule has 1 aliphatic rings. The molecule has 1 aliphatic heterocycles. The molecule has 5 nitrogen and oxygen atoms in total. The molecule has 15 heavy (non-hydrogen) atoms. The minimum atomic E-state index is 0.144. The summed E-state index contributed by atoms with van der Waals surface area (Å²) in [5.41, 5.74) is 5.90. The van der Waals surface area contributed by atoms with Crippen LogP contribution in [0.5, 0.6) is 5.75 Å². The van der Waals surface area contributed by atoms with Crippen LogP contribution in [0.15, 0.2) is 12.3 Å². The molecule has 1 aromatic rings. The lowest BCUT2D eigenvalue weighted by Gasteiger charge is -2.26. The number of nitrogens with zero attached hydrogens (tertiary/aromatic N) is 2. The molecule has 1 saturated heterocycles. The van der Waals surface area contributed by atoms with Crippen LogP contribution in [-0.2, 0) is 4.74 Å². The van der Waals surface area contributed by atoms with Gasteiger partial charge in [-0.1, -0.05) is 0 Å². The Kier molecular flexibility index (Phi) is 2.70. The van der Waals surface area contributed by atoms with Crippen LogP contribution in [0.2, 0.25) is 0 Å². The fourth-order valence-electron chi connectivity index (χ4n) is 1.25. The molecule has 2 N–H and O–H groups in total. The van der Waals surface area contributed by atoms with E-state index in [1.165, 1.54) is 6.20 Å². The topological polar surface area (TPSA) is 81.2 Å². The van der Waals surface area contributed by atoms with E-state index >= 15 is 0 Å². The van der Waals surface area contributed by atoms with E-state index in [0.29, 0.717) is 23.7 Å². The summed E-state index contributed by atoms with van der Waals surface area (Å²) in [6.07, 6.45) is 2.56. The van der Waals surface area contributed by atoms with Crippen molar-refractivity contribution in [3.05, 3.63) is 17.8 Å². The maximum Gasteiger partial charge on any atom is 0.142 e. The maximum atomic E-state index is 8.80. The summed E-state index contributed by atoms with van der Waals surface area (Å²) in [5, 5.41) is 8.80. The molecule has 2 heterocycles. The molecule has 0 aliphatic carbocycles. The first-order chi connectivity index (χ1) is 7.29. The summed E-state index contributed by atoms with van der Waals surface area (Å²) in [6.45, 7) is 1.25. The number of rotatable bonds is 3. The van der Waals surface area contributed by atoms with Gasteiger partial charge in [0.15, 0.2) is 0 Å². The molecule has 1 fully saturated rings. The summed E-state index contributed by atoms with van der Waals surface area (Å²) in [5.74, 6) is 0.819. The second-order valence-electron chi connectivity index (χ2n) is 3.31. The third-order valence-corrected chi connectivity index (χ3v) is 2.23. The highest BCUT2D eigenvalue weighted by atomic mass is 16.5. The molecule has 0 bridgehead atoms. The molecule has 5 heteroatoms. The number of hydrogen-bond acceptors (Lipinski definition) is 5. The van der Waals surface area contributed by atoms with Gasteiger partial charge in [0.1, 0.15) is 29.8 Å². The van der Waals surface area contributed by atoms with Crippen molar-refractivity contribution in [3.63, 3.8) is 0 Å². The Morgan fingerprint density at radius 3 is 3.13 bits per heavy atom. The minimum Gasteiger partial charge on any atom is -0.489 e. The van der Waals surface area contributed by atoms with Crippen LogP contribution in [-0.4, -0.2) is 24.3 Å². The van der Waals surface area contributed by atoms with E-state index in [4.69, 9.17) is 20.5 Å². The van der Waals surface area contributed by atoms with Crippen LogP contribution in [0.25, 0.3) is 0 Å². The van der Waals surface area contributed by atoms with E-state index < -0.39 is 0 Å². The Hall–Kier alpha value is -1.80. The van der Waals surface area contributed by atoms with Crippen LogP contribution in [0.1, 0.15) is 12.0 Å². The first kappa shape index (κ1) is 9.74. The number of aromatic nitrogens is 1. The molecule has 0 amide bonds. The third-order valence-electron chi connectivity index (χ3n) is 2.23. The quantitative estimate of drug-likeness (QED) is 0.785.